The van der Waals surface area contributed by atoms with Crippen LogP contribution in [0.4, 0.5) is 20.2 Å². The normalized spacial score (nSPS) is 18.5. The second-order valence-corrected chi connectivity index (χ2v) is 11.5. The molecular formula is C32H27ClF2N6O3. The first-order chi connectivity index (χ1) is 21.1. The Morgan fingerprint density at radius 3 is 2.68 bits per heavy atom. The number of aromatic amines is 1. The lowest BCUT2D eigenvalue weighted by Gasteiger charge is -2.38. The number of carbonyl (C=O) groups is 3. The third-order valence-electron chi connectivity index (χ3n) is 8.11. The molecule has 12 heteroatoms. The van der Waals surface area contributed by atoms with Crippen LogP contribution in [0.3, 0.4) is 0 Å². The average molecular weight is 617 g/mol. The maximum atomic E-state index is 14.5. The van der Waals surface area contributed by atoms with E-state index in [1.165, 1.54) is 9.80 Å². The number of H-pyrrole nitrogens is 1. The van der Waals surface area contributed by atoms with Gasteiger partial charge >= 0.3 is 0 Å². The van der Waals surface area contributed by atoms with Gasteiger partial charge in [0.25, 0.3) is 5.92 Å². The molecule has 3 aromatic carbocycles. The van der Waals surface area contributed by atoms with E-state index in [1.54, 1.807) is 72.9 Å². The zero-order valence-corrected chi connectivity index (χ0v) is 24.1. The number of nitrogens with one attached hydrogen (secondary N) is 2. The predicted molar refractivity (Wildman–Crippen MR) is 160 cm³/mol. The van der Waals surface area contributed by atoms with Gasteiger partial charge in [0.2, 0.25) is 17.7 Å². The van der Waals surface area contributed by atoms with Gasteiger partial charge in [-0.2, -0.15) is 10.4 Å². The van der Waals surface area contributed by atoms with E-state index in [1.807, 2.05) is 0 Å². The van der Waals surface area contributed by atoms with Gasteiger partial charge in [-0.25, -0.2) is 8.78 Å². The number of rotatable bonds is 8. The Kier molecular flexibility index (Phi) is 7.78. The van der Waals surface area contributed by atoms with E-state index in [9.17, 15) is 28.4 Å². The van der Waals surface area contributed by atoms with Crippen molar-refractivity contribution in [2.75, 3.05) is 9.80 Å². The van der Waals surface area contributed by atoms with Crippen molar-refractivity contribution in [3.63, 3.8) is 0 Å². The lowest BCUT2D eigenvalue weighted by Crippen LogP contribution is -2.54. The zero-order chi connectivity index (χ0) is 31.0. The minimum absolute atomic E-state index is 0.164. The smallest absolute Gasteiger partial charge is 0.252 e. The number of fused-ring (bicyclic) bond motifs is 1. The molecule has 1 saturated heterocycles. The predicted octanol–water partition coefficient (Wildman–Crippen LogP) is 5.66. The molecular weight excluding hydrogens is 590 g/mol. The molecule has 2 N–H and O–H groups in total. The van der Waals surface area contributed by atoms with E-state index in [0.29, 0.717) is 39.8 Å². The standard InChI is InChI=1S/C32H27ClF2N6O3/c33-25-9-2-1-8-24(25)30(31(44)38-21-15-32(34,35)16-21)41(26-10-4-6-20-18-37-39-29(20)26)28(43)14-23-11-12-27(42)40(23)22-7-3-5-19(13-22)17-36/h1-10,13,18,21,23,30H,11-12,14-16H2,(H,37,39)(H,38,44)/t23-,30-/m0/s1. The van der Waals surface area contributed by atoms with E-state index in [0.717, 1.165) is 0 Å². The van der Waals surface area contributed by atoms with Crippen LogP contribution in [0.2, 0.25) is 5.02 Å². The van der Waals surface area contributed by atoms with Gasteiger partial charge in [-0.05, 0) is 36.8 Å². The summed E-state index contributed by atoms with van der Waals surface area (Å²) in [4.78, 5) is 44.4. The number of carbonyl (C=O) groups excluding carboxylic acids is 3. The van der Waals surface area contributed by atoms with Crippen molar-refractivity contribution in [1.82, 2.24) is 15.5 Å². The van der Waals surface area contributed by atoms with Crippen LogP contribution in [0.5, 0.6) is 0 Å². The molecule has 9 nitrogen and oxygen atoms in total. The third kappa shape index (κ3) is 5.61. The topological polar surface area (TPSA) is 122 Å². The van der Waals surface area contributed by atoms with Crippen LogP contribution in [0.15, 0.2) is 72.9 Å². The van der Waals surface area contributed by atoms with Crippen molar-refractivity contribution in [2.24, 2.45) is 0 Å². The van der Waals surface area contributed by atoms with Gasteiger partial charge in [0.05, 0.1) is 29.0 Å². The number of nitrogens with zero attached hydrogens (tertiary/aromatic N) is 4. The Morgan fingerprint density at radius 2 is 1.93 bits per heavy atom. The Labute approximate surface area is 256 Å². The molecule has 3 amide bonds. The summed E-state index contributed by atoms with van der Waals surface area (Å²) in [7, 11) is 0. The lowest BCUT2D eigenvalue weighted by molar-refractivity contribution is -0.132. The molecule has 1 aliphatic heterocycles. The number of aromatic nitrogens is 2. The lowest BCUT2D eigenvalue weighted by atomic mass is 9.87. The van der Waals surface area contributed by atoms with E-state index >= 15 is 0 Å². The highest BCUT2D eigenvalue weighted by Crippen LogP contribution is 2.40. The Morgan fingerprint density at radius 1 is 1.16 bits per heavy atom. The molecule has 0 bridgehead atoms. The summed E-state index contributed by atoms with van der Waals surface area (Å²) in [5, 5.41) is 20.0. The molecule has 2 aliphatic rings. The molecule has 4 aromatic rings. The average Bonchev–Trinajstić information content (AvgIpc) is 3.62. The van der Waals surface area contributed by atoms with Crippen molar-refractivity contribution in [2.45, 2.75) is 56.2 Å². The molecule has 2 fully saturated rings. The molecule has 6 rings (SSSR count). The van der Waals surface area contributed by atoms with Crippen molar-refractivity contribution < 1.29 is 23.2 Å². The highest BCUT2D eigenvalue weighted by molar-refractivity contribution is 6.31. The molecule has 1 aliphatic carbocycles. The first-order valence-electron chi connectivity index (χ1n) is 14.1. The number of amides is 3. The molecule has 0 spiro atoms. The summed E-state index contributed by atoms with van der Waals surface area (Å²) >= 11 is 6.61. The van der Waals surface area contributed by atoms with Gasteiger partial charge in [0, 0.05) is 59.4 Å². The summed E-state index contributed by atoms with van der Waals surface area (Å²) in [6, 6.07) is 17.8. The molecule has 2 atom stereocenters. The number of nitriles is 1. The fourth-order valence-electron chi connectivity index (χ4n) is 6.03. The first kappa shape index (κ1) is 29.3. The summed E-state index contributed by atoms with van der Waals surface area (Å²) in [5.74, 6) is -4.21. The van der Waals surface area contributed by atoms with E-state index in [4.69, 9.17) is 11.6 Å². The molecule has 2 heterocycles. The van der Waals surface area contributed by atoms with Gasteiger partial charge in [-0.1, -0.05) is 48.0 Å². The molecule has 1 aromatic heterocycles. The Balaban J connectivity index is 1.42. The number of alkyl halides is 2. The van der Waals surface area contributed by atoms with Gasteiger partial charge < -0.3 is 10.2 Å². The maximum Gasteiger partial charge on any atom is 0.252 e. The monoisotopic (exact) mass is 616 g/mol. The van der Waals surface area contributed by atoms with Crippen molar-refractivity contribution in [3.05, 3.63) is 89.1 Å². The van der Waals surface area contributed by atoms with E-state index in [-0.39, 0.29) is 23.8 Å². The van der Waals surface area contributed by atoms with Crippen molar-refractivity contribution >= 4 is 51.6 Å². The minimum Gasteiger partial charge on any atom is -0.351 e. The zero-order valence-electron chi connectivity index (χ0n) is 23.3. The van der Waals surface area contributed by atoms with E-state index < -0.39 is 48.7 Å². The van der Waals surface area contributed by atoms with Crippen LogP contribution in [-0.4, -0.2) is 45.9 Å². The van der Waals surface area contributed by atoms with Crippen molar-refractivity contribution in [3.8, 4) is 6.07 Å². The third-order valence-corrected chi connectivity index (χ3v) is 8.46. The Bertz CT molecular complexity index is 1800. The van der Waals surface area contributed by atoms with Gasteiger partial charge in [0.1, 0.15) is 6.04 Å². The second kappa shape index (κ2) is 11.7. The summed E-state index contributed by atoms with van der Waals surface area (Å²) in [5.41, 5.74) is 2.01. The first-order valence-corrected chi connectivity index (χ1v) is 14.5. The van der Waals surface area contributed by atoms with Crippen LogP contribution in [0.1, 0.15) is 49.3 Å². The van der Waals surface area contributed by atoms with Crippen LogP contribution in [0, 0.1) is 11.3 Å². The molecule has 0 radical (unpaired) electrons. The molecule has 224 valence electrons. The second-order valence-electron chi connectivity index (χ2n) is 11.1. The highest BCUT2D eigenvalue weighted by atomic mass is 35.5. The largest absolute Gasteiger partial charge is 0.351 e. The number of hydrogen-bond donors (Lipinski definition) is 2. The highest BCUT2D eigenvalue weighted by Gasteiger charge is 2.47. The molecule has 0 unspecified atom stereocenters. The van der Waals surface area contributed by atoms with Crippen LogP contribution < -0.4 is 15.1 Å². The number of halogens is 3. The van der Waals surface area contributed by atoms with Gasteiger partial charge in [0.15, 0.2) is 0 Å². The fourth-order valence-corrected chi connectivity index (χ4v) is 6.26. The van der Waals surface area contributed by atoms with Gasteiger partial charge in [-0.15, -0.1) is 0 Å². The minimum atomic E-state index is -2.86. The SMILES string of the molecule is N#Cc1cccc(N2C(=O)CC[C@H]2CC(=O)N(c2cccc3cn[nH]c23)[C@H](C(=O)NC2CC(F)(F)C2)c2ccccc2Cl)c1. The number of hydrogen-bond acceptors (Lipinski definition) is 5. The quantitative estimate of drug-likeness (QED) is 0.264. The fraction of sp³-hybridized carbons (Fsp3) is 0.281. The Hall–Kier alpha value is -4.82. The molecule has 44 heavy (non-hydrogen) atoms. The summed E-state index contributed by atoms with van der Waals surface area (Å²) < 4.78 is 27.4. The number of benzene rings is 3. The summed E-state index contributed by atoms with van der Waals surface area (Å²) in [6.45, 7) is 0. The number of para-hydroxylation sites is 1. The van der Waals surface area contributed by atoms with Crippen LogP contribution >= 0.6 is 11.6 Å². The maximum absolute atomic E-state index is 14.5. The molecule has 1 saturated carbocycles. The number of anilines is 2. The van der Waals surface area contributed by atoms with Crippen LogP contribution in [-0.2, 0) is 14.4 Å². The van der Waals surface area contributed by atoms with Gasteiger partial charge in [-0.3, -0.25) is 24.4 Å². The van der Waals surface area contributed by atoms with Crippen molar-refractivity contribution in [1.29, 1.82) is 5.26 Å². The van der Waals surface area contributed by atoms with E-state index in [2.05, 4.69) is 21.6 Å². The summed E-state index contributed by atoms with van der Waals surface area (Å²) in [6.07, 6.45) is 1.00. The van der Waals surface area contributed by atoms with Crippen LogP contribution in [0.25, 0.3) is 10.9 Å².